The van der Waals surface area contributed by atoms with Crippen molar-refractivity contribution in [3.05, 3.63) is 29.8 Å². The van der Waals surface area contributed by atoms with Crippen LogP contribution in [-0.4, -0.2) is 64.6 Å². The number of alkyl halides is 3. The number of halogens is 3. The molecule has 0 unspecified atom stereocenters. The lowest BCUT2D eigenvalue weighted by Gasteiger charge is -2.31. The first kappa shape index (κ1) is 21.1. The number of rotatable bonds is 4. The number of amides is 2. The summed E-state index contributed by atoms with van der Waals surface area (Å²) < 4.78 is 69.0. The third kappa shape index (κ3) is 5.40. The molecule has 1 aliphatic heterocycles. The largest absolute Gasteiger partial charge is 0.453 e. The maximum atomic E-state index is 12.8. The number of imide groups is 1. The SMILES string of the molecule is COC(=O)NC(=O)C[NH+]1CCN(S(=O)(=O)c2cccc(C(F)(F)F)c2)CC1. The number of ether oxygens (including phenoxy) is 1. The summed E-state index contributed by atoms with van der Waals surface area (Å²) in [7, 11) is -2.96. The van der Waals surface area contributed by atoms with E-state index in [9.17, 15) is 31.2 Å². The van der Waals surface area contributed by atoms with Gasteiger partial charge < -0.3 is 9.64 Å². The van der Waals surface area contributed by atoms with Gasteiger partial charge in [0.05, 0.1) is 43.7 Å². The summed E-state index contributed by atoms with van der Waals surface area (Å²) in [4.78, 5) is 22.9. The van der Waals surface area contributed by atoms with Gasteiger partial charge in [-0.25, -0.2) is 13.2 Å². The van der Waals surface area contributed by atoms with E-state index in [0.29, 0.717) is 6.07 Å². The zero-order valence-corrected chi connectivity index (χ0v) is 15.2. The second-order valence-electron chi connectivity index (χ2n) is 5.90. The minimum absolute atomic E-state index is 0.0411. The number of hydrogen-bond donors (Lipinski definition) is 2. The van der Waals surface area contributed by atoms with Crippen molar-refractivity contribution in [2.75, 3.05) is 39.8 Å². The van der Waals surface area contributed by atoms with Crippen LogP contribution in [0.4, 0.5) is 18.0 Å². The number of nitrogens with zero attached hydrogens (tertiary/aromatic N) is 1. The van der Waals surface area contributed by atoms with Gasteiger partial charge in [0.25, 0.3) is 5.91 Å². The van der Waals surface area contributed by atoms with Crippen molar-refractivity contribution in [2.45, 2.75) is 11.1 Å². The minimum Gasteiger partial charge on any atom is -0.453 e. The van der Waals surface area contributed by atoms with E-state index in [-0.39, 0.29) is 32.7 Å². The molecule has 0 spiro atoms. The summed E-state index contributed by atoms with van der Waals surface area (Å²) in [6.45, 7) is 0.574. The minimum atomic E-state index is -4.64. The summed E-state index contributed by atoms with van der Waals surface area (Å²) in [5, 5.41) is 2.01. The molecule has 0 atom stereocenters. The molecule has 0 aliphatic carbocycles. The highest BCUT2D eigenvalue weighted by molar-refractivity contribution is 7.89. The lowest BCUT2D eigenvalue weighted by Crippen LogP contribution is -3.15. The second kappa shape index (κ2) is 8.23. The molecule has 0 radical (unpaired) electrons. The molecule has 1 heterocycles. The van der Waals surface area contributed by atoms with Crippen LogP contribution < -0.4 is 10.2 Å². The van der Waals surface area contributed by atoms with E-state index in [1.54, 1.807) is 0 Å². The smallest absolute Gasteiger partial charge is 0.416 e. The van der Waals surface area contributed by atoms with E-state index < -0.39 is 38.7 Å². The van der Waals surface area contributed by atoms with Crippen molar-refractivity contribution >= 4 is 22.0 Å². The Kier molecular flexibility index (Phi) is 6.44. The molecule has 1 saturated heterocycles. The number of nitrogens with one attached hydrogen (secondary N) is 2. The molecule has 2 amide bonds. The van der Waals surface area contributed by atoms with Crippen molar-refractivity contribution < 1.29 is 40.8 Å². The van der Waals surface area contributed by atoms with Gasteiger partial charge in [-0.15, -0.1) is 0 Å². The summed E-state index contributed by atoms with van der Waals surface area (Å²) in [5.41, 5.74) is -1.03. The highest BCUT2D eigenvalue weighted by Gasteiger charge is 2.35. The molecule has 1 aromatic carbocycles. The fourth-order valence-electron chi connectivity index (χ4n) is 2.64. The molecule has 1 fully saturated rings. The predicted molar refractivity (Wildman–Crippen MR) is 86.3 cm³/mol. The normalized spacial score (nSPS) is 16.7. The van der Waals surface area contributed by atoms with Crippen LogP contribution in [0.5, 0.6) is 0 Å². The molecule has 0 aromatic heterocycles. The average Bonchev–Trinajstić information content (AvgIpc) is 2.61. The van der Waals surface area contributed by atoms with Gasteiger partial charge >= 0.3 is 12.3 Å². The van der Waals surface area contributed by atoms with E-state index >= 15 is 0 Å². The molecule has 1 aromatic rings. The van der Waals surface area contributed by atoms with Crippen molar-refractivity contribution in [3.8, 4) is 0 Å². The Morgan fingerprint density at radius 1 is 1.26 bits per heavy atom. The predicted octanol–water partition coefficient (Wildman–Crippen LogP) is -0.523. The number of quaternary nitrogens is 1. The molecule has 2 rings (SSSR count). The van der Waals surface area contributed by atoms with Gasteiger partial charge in [-0.05, 0) is 18.2 Å². The number of carbonyl (C=O) groups excluding carboxylic acids is 2. The third-order valence-corrected chi connectivity index (χ3v) is 5.96. The second-order valence-corrected chi connectivity index (χ2v) is 7.83. The van der Waals surface area contributed by atoms with Gasteiger partial charge in [-0.1, -0.05) is 6.07 Å². The lowest BCUT2D eigenvalue weighted by atomic mass is 10.2. The fraction of sp³-hybridized carbons (Fsp3) is 0.467. The van der Waals surface area contributed by atoms with Crippen LogP contribution in [0.2, 0.25) is 0 Å². The number of benzene rings is 1. The van der Waals surface area contributed by atoms with Crippen molar-refractivity contribution in [1.82, 2.24) is 9.62 Å². The standard InChI is InChI=1S/C15H18F3N3O5S/c1-26-14(23)19-13(22)10-20-5-7-21(8-6-20)27(24,25)12-4-2-3-11(9-12)15(16,17)18/h2-4,9H,5-8,10H2,1H3,(H,19,22,23)/p+1. The van der Waals surface area contributed by atoms with Gasteiger partial charge in [0.1, 0.15) is 0 Å². The molecular weight excluding hydrogens is 391 g/mol. The first-order valence-corrected chi connectivity index (χ1v) is 9.37. The van der Waals surface area contributed by atoms with Crippen LogP contribution in [0.1, 0.15) is 5.56 Å². The molecule has 8 nitrogen and oxygen atoms in total. The Balaban J connectivity index is 2.01. The van der Waals surface area contributed by atoms with Crippen LogP contribution in [0.15, 0.2) is 29.2 Å². The molecule has 150 valence electrons. The molecule has 1 aliphatic rings. The number of methoxy groups -OCH3 is 1. The van der Waals surface area contributed by atoms with E-state index in [1.807, 2.05) is 5.32 Å². The maximum Gasteiger partial charge on any atom is 0.416 e. The van der Waals surface area contributed by atoms with Gasteiger partial charge in [0.2, 0.25) is 10.0 Å². The Labute approximate surface area is 153 Å². The number of sulfonamides is 1. The summed E-state index contributed by atoms with van der Waals surface area (Å²) in [6.07, 6.45) is -5.52. The van der Waals surface area contributed by atoms with Gasteiger partial charge in [0.15, 0.2) is 6.54 Å². The number of hydrogen-bond acceptors (Lipinski definition) is 5. The van der Waals surface area contributed by atoms with Crippen LogP contribution in [0.3, 0.4) is 0 Å². The Morgan fingerprint density at radius 3 is 2.44 bits per heavy atom. The van der Waals surface area contributed by atoms with Gasteiger partial charge in [-0.2, -0.15) is 17.5 Å². The van der Waals surface area contributed by atoms with Gasteiger partial charge in [0, 0.05) is 0 Å². The highest BCUT2D eigenvalue weighted by atomic mass is 32.2. The zero-order chi connectivity index (χ0) is 20.2. The molecule has 0 saturated carbocycles. The average molecular weight is 410 g/mol. The fourth-order valence-corrected chi connectivity index (χ4v) is 4.13. The first-order chi connectivity index (χ1) is 12.5. The van der Waals surface area contributed by atoms with Crippen molar-refractivity contribution in [2.24, 2.45) is 0 Å². The van der Waals surface area contributed by atoms with Crippen molar-refractivity contribution in [3.63, 3.8) is 0 Å². The van der Waals surface area contributed by atoms with Crippen LogP contribution in [0.25, 0.3) is 0 Å². The van der Waals surface area contributed by atoms with Gasteiger partial charge in [-0.3, -0.25) is 10.1 Å². The maximum absolute atomic E-state index is 12.8. The lowest BCUT2D eigenvalue weighted by molar-refractivity contribution is -0.895. The summed E-state index contributed by atoms with van der Waals surface area (Å²) in [6, 6.07) is 3.58. The summed E-state index contributed by atoms with van der Waals surface area (Å²) in [5.74, 6) is -0.564. The van der Waals surface area contributed by atoms with Crippen molar-refractivity contribution in [1.29, 1.82) is 0 Å². The molecule has 27 heavy (non-hydrogen) atoms. The number of alkyl carbamates (subject to hydrolysis) is 1. The molecular formula is C15H19F3N3O5S+. The van der Waals surface area contributed by atoms with E-state index in [1.165, 1.54) is 0 Å². The molecule has 0 bridgehead atoms. The highest BCUT2D eigenvalue weighted by Crippen LogP contribution is 2.31. The zero-order valence-electron chi connectivity index (χ0n) is 14.4. The Bertz CT molecular complexity index is 805. The molecule has 2 N–H and O–H groups in total. The van der Waals surface area contributed by atoms with Crippen LogP contribution in [0, 0.1) is 0 Å². The summed E-state index contributed by atoms with van der Waals surface area (Å²) >= 11 is 0. The van der Waals surface area contributed by atoms with Crippen LogP contribution in [-0.2, 0) is 25.7 Å². The van der Waals surface area contributed by atoms with E-state index in [2.05, 4.69) is 4.74 Å². The van der Waals surface area contributed by atoms with E-state index in [0.717, 1.165) is 34.5 Å². The third-order valence-electron chi connectivity index (χ3n) is 4.07. The van der Waals surface area contributed by atoms with E-state index in [4.69, 9.17) is 0 Å². The number of carbonyl (C=O) groups is 2. The Hall–Kier alpha value is -2.18. The monoisotopic (exact) mass is 410 g/mol. The first-order valence-electron chi connectivity index (χ1n) is 7.93. The Morgan fingerprint density at radius 2 is 1.89 bits per heavy atom. The quantitative estimate of drug-likeness (QED) is 0.696. The number of piperazine rings is 1. The van der Waals surface area contributed by atoms with Crippen LogP contribution >= 0.6 is 0 Å². The molecule has 12 heteroatoms. The topological polar surface area (TPSA) is 97.2 Å².